The van der Waals surface area contributed by atoms with Crippen LogP contribution in [0.3, 0.4) is 0 Å². The molecule has 3 heteroatoms. The molecule has 1 amide bonds. The van der Waals surface area contributed by atoms with Crippen LogP contribution in [0.5, 0.6) is 0 Å². The van der Waals surface area contributed by atoms with Crippen LogP contribution >= 0.6 is 0 Å². The van der Waals surface area contributed by atoms with Gasteiger partial charge in [0.2, 0.25) is 5.91 Å². The fourth-order valence-corrected chi connectivity index (χ4v) is 2.08. The molecule has 0 aromatic rings. The monoisotopic (exact) mass is 154 g/mol. The average molecular weight is 154 g/mol. The van der Waals surface area contributed by atoms with E-state index in [1.165, 1.54) is 0 Å². The van der Waals surface area contributed by atoms with Gasteiger partial charge in [-0.15, -0.1) is 0 Å². The third kappa shape index (κ3) is 1.25. The molecule has 62 valence electrons. The molecule has 0 aliphatic carbocycles. The first-order valence-electron chi connectivity index (χ1n) is 4.36. The van der Waals surface area contributed by atoms with Gasteiger partial charge in [0.1, 0.15) is 0 Å². The molecule has 0 aromatic carbocycles. The molecule has 2 saturated heterocycles. The van der Waals surface area contributed by atoms with E-state index in [2.05, 4.69) is 10.6 Å². The van der Waals surface area contributed by atoms with Gasteiger partial charge < -0.3 is 10.6 Å². The quantitative estimate of drug-likeness (QED) is 0.504. The Bertz CT molecular complexity index is 167. The maximum atomic E-state index is 11.3. The van der Waals surface area contributed by atoms with Crippen LogP contribution in [-0.4, -0.2) is 25.5 Å². The van der Waals surface area contributed by atoms with Crippen LogP contribution in [0.4, 0.5) is 0 Å². The smallest absolute Gasteiger partial charge is 0.223 e. The Morgan fingerprint density at radius 3 is 3.00 bits per heavy atom. The summed E-state index contributed by atoms with van der Waals surface area (Å²) in [7, 11) is 0. The number of hydrogen-bond acceptors (Lipinski definition) is 2. The SMILES string of the molecule is O=C1NCC[C@H]2CNCC[C@@H]12. The highest BCUT2D eigenvalue weighted by Crippen LogP contribution is 2.24. The number of carbonyl (C=O) groups is 1. The molecule has 2 aliphatic rings. The van der Waals surface area contributed by atoms with Crippen LogP contribution in [0.2, 0.25) is 0 Å². The Morgan fingerprint density at radius 2 is 2.18 bits per heavy atom. The first kappa shape index (κ1) is 7.10. The summed E-state index contributed by atoms with van der Waals surface area (Å²) in [5, 5.41) is 6.24. The summed E-state index contributed by atoms with van der Waals surface area (Å²) < 4.78 is 0. The number of amides is 1. The van der Waals surface area contributed by atoms with Gasteiger partial charge in [0, 0.05) is 12.5 Å². The number of hydrogen-bond donors (Lipinski definition) is 2. The van der Waals surface area contributed by atoms with Crippen molar-refractivity contribution in [3.63, 3.8) is 0 Å². The fourth-order valence-electron chi connectivity index (χ4n) is 2.08. The van der Waals surface area contributed by atoms with Crippen molar-refractivity contribution in [3.05, 3.63) is 0 Å². The van der Waals surface area contributed by atoms with E-state index in [4.69, 9.17) is 0 Å². The summed E-state index contributed by atoms with van der Waals surface area (Å²) in [6.07, 6.45) is 2.18. The van der Waals surface area contributed by atoms with Crippen molar-refractivity contribution >= 4 is 5.91 Å². The van der Waals surface area contributed by atoms with Gasteiger partial charge >= 0.3 is 0 Å². The molecule has 3 nitrogen and oxygen atoms in total. The maximum absolute atomic E-state index is 11.3. The number of carbonyl (C=O) groups excluding carboxylic acids is 1. The standard InChI is InChI=1S/C8H14N2O/c11-8-7-2-3-9-5-6(7)1-4-10-8/h6-7,9H,1-5H2,(H,10,11)/t6-,7+/m0/s1. The Morgan fingerprint density at radius 1 is 1.27 bits per heavy atom. The molecule has 11 heavy (non-hydrogen) atoms. The van der Waals surface area contributed by atoms with Crippen LogP contribution < -0.4 is 10.6 Å². The minimum Gasteiger partial charge on any atom is -0.356 e. The number of nitrogens with one attached hydrogen (secondary N) is 2. The van der Waals surface area contributed by atoms with Gasteiger partial charge in [-0.1, -0.05) is 0 Å². The van der Waals surface area contributed by atoms with Crippen molar-refractivity contribution < 1.29 is 4.79 Å². The van der Waals surface area contributed by atoms with Gasteiger partial charge in [-0.3, -0.25) is 4.79 Å². The average Bonchev–Trinajstić information content (AvgIpc) is 2.06. The lowest BCUT2D eigenvalue weighted by Crippen LogP contribution is -2.49. The lowest BCUT2D eigenvalue weighted by atomic mass is 9.81. The normalized spacial score (nSPS) is 37.6. The molecular weight excluding hydrogens is 140 g/mol. The molecule has 2 aliphatic heterocycles. The van der Waals surface area contributed by atoms with Gasteiger partial charge in [0.25, 0.3) is 0 Å². The Kier molecular flexibility index (Phi) is 1.82. The first-order valence-corrected chi connectivity index (χ1v) is 4.36. The van der Waals surface area contributed by atoms with Gasteiger partial charge in [-0.05, 0) is 31.8 Å². The number of rotatable bonds is 0. The molecule has 2 heterocycles. The van der Waals surface area contributed by atoms with Gasteiger partial charge in [0.05, 0.1) is 0 Å². The Hall–Kier alpha value is -0.570. The summed E-state index contributed by atoms with van der Waals surface area (Å²) in [5.74, 6) is 1.20. The van der Waals surface area contributed by atoms with Crippen molar-refractivity contribution in [2.24, 2.45) is 11.8 Å². The van der Waals surface area contributed by atoms with Crippen LogP contribution in [-0.2, 0) is 4.79 Å². The molecular formula is C8H14N2O. The largest absolute Gasteiger partial charge is 0.356 e. The van der Waals surface area contributed by atoms with Crippen molar-refractivity contribution in [1.82, 2.24) is 10.6 Å². The summed E-state index contributed by atoms with van der Waals surface area (Å²) in [4.78, 5) is 11.3. The van der Waals surface area contributed by atoms with Crippen molar-refractivity contribution in [2.75, 3.05) is 19.6 Å². The highest BCUT2D eigenvalue weighted by atomic mass is 16.1. The van der Waals surface area contributed by atoms with Crippen LogP contribution in [0.25, 0.3) is 0 Å². The van der Waals surface area contributed by atoms with Crippen molar-refractivity contribution in [2.45, 2.75) is 12.8 Å². The van der Waals surface area contributed by atoms with Crippen LogP contribution in [0, 0.1) is 11.8 Å². The predicted octanol–water partition coefficient (Wildman–Crippen LogP) is -0.268. The van der Waals surface area contributed by atoms with E-state index in [-0.39, 0.29) is 5.91 Å². The summed E-state index contributed by atoms with van der Waals surface area (Å²) in [6.45, 7) is 2.92. The molecule has 0 aromatic heterocycles. The molecule has 0 spiro atoms. The Balaban J connectivity index is 2.05. The first-order chi connectivity index (χ1) is 5.38. The minimum atomic E-state index is 0.280. The summed E-state index contributed by atoms with van der Waals surface area (Å²) in [5.41, 5.74) is 0. The Labute approximate surface area is 66.5 Å². The highest BCUT2D eigenvalue weighted by Gasteiger charge is 2.33. The van der Waals surface area contributed by atoms with Crippen molar-refractivity contribution in [1.29, 1.82) is 0 Å². The van der Waals surface area contributed by atoms with Crippen LogP contribution in [0.1, 0.15) is 12.8 Å². The highest BCUT2D eigenvalue weighted by molar-refractivity contribution is 5.79. The van der Waals surface area contributed by atoms with E-state index in [0.29, 0.717) is 11.8 Å². The summed E-state index contributed by atoms with van der Waals surface area (Å²) >= 11 is 0. The van der Waals surface area contributed by atoms with E-state index in [1.807, 2.05) is 0 Å². The second-order valence-corrected chi connectivity index (χ2v) is 3.44. The lowest BCUT2D eigenvalue weighted by Gasteiger charge is -2.34. The fraction of sp³-hybridized carbons (Fsp3) is 0.875. The van der Waals surface area contributed by atoms with Gasteiger partial charge in [-0.2, -0.15) is 0 Å². The van der Waals surface area contributed by atoms with Crippen molar-refractivity contribution in [3.8, 4) is 0 Å². The van der Waals surface area contributed by atoms with E-state index >= 15 is 0 Å². The predicted molar refractivity (Wildman–Crippen MR) is 42.1 cm³/mol. The minimum absolute atomic E-state index is 0.280. The summed E-state index contributed by atoms with van der Waals surface area (Å²) in [6, 6.07) is 0. The van der Waals surface area contributed by atoms with Gasteiger partial charge in [0.15, 0.2) is 0 Å². The topological polar surface area (TPSA) is 41.1 Å². The number of fused-ring (bicyclic) bond motifs is 1. The van der Waals surface area contributed by atoms with Gasteiger partial charge in [-0.25, -0.2) is 0 Å². The zero-order valence-electron chi connectivity index (χ0n) is 6.60. The molecule has 0 bridgehead atoms. The molecule has 2 rings (SSSR count). The molecule has 0 unspecified atom stereocenters. The van der Waals surface area contributed by atoms with Crippen LogP contribution in [0.15, 0.2) is 0 Å². The molecule has 0 saturated carbocycles. The second-order valence-electron chi connectivity index (χ2n) is 3.44. The third-order valence-corrected chi connectivity index (χ3v) is 2.76. The molecule has 0 radical (unpaired) electrons. The number of piperidine rings is 2. The lowest BCUT2D eigenvalue weighted by molar-refractivity contribution is -0.129. The third-order valence-electron chi connectivity index (χ3n) is 2.76. The zero-order chi connectivity index (χ0) is 7.68. The van der Waals surface area contributed by atoms with E-state index < -0.39 is 0 Å². The van der Waals surface area contributed by atoms with E-state index in [1.54, 1.807) is 0 Å². The molecule has 2 N–H and O–H groups in total. The maximum Gasteiger partial charge on any atom is 0.223 e. The molecule has 2 atom stereocenters. The van der Waals surface area contributed by atoms with E-state index in [0.717, 1.165) is 32.5 Å². The zero-order valence-corrected chi connectivity index (χ0v) is 6.60. The second kappa shape index (κ2) is 2.81. The molecule has 2 fully saturated rings. The van der Waals surface area contributed by atoms with E-state index in [9.17, 15) is 4.79 Å².